The van der Waals surface area contributed by atoms with Gasteiger partial charge in [-0.05, 0) is 48.7 Å². The summed E-state index contributed by atoms with van der Waals surface area (Å²) in [6.45, 7) is 5.06. The van der Waals surface area contributed by atoms with Gasteiger partial charge in [0, 0.05) is 16.6 Å². The number of halogens is 1. The van der Waals surface area contributed by atoms with Gasteiger partial charge in [0.25, 0.3) is 0 Å². The molecular formula is C17H18BrNO. The predicted molar refractivity (Wildman–Crippen MR) is 86.7 cm³/mol. The lowest BCUT2D eigenvalue weighted by atomic mass is 10.1. The average molecular weight is 332 g/mol. The second kappa shape index (κ2) is 5.49. The van der Waals surface area contributed by atoms with Crippen LogP contribution in [0.15, 0.2) is 40.9 Å². The number of ether oxygens (including phenoxy) is 1. The van der Waals surface area contributed by atoms with Gasteiger partial charge in [-0.3, -0.25) is 0 Å². The van der Waals surface area contributed by atoms with Crippen LogP contribution in [0.1, 0.15) is 16.7 Å². The monoisotopic (exact) mass is 331 g/mol. The Hall–Kier alpha value is -1.48. The minimum Gasteiger partial charge on any atom is -0.488 e. The molecule has 2 aromatic carbocycles. The Bertz CT molecular complexity index is 591. The van der Waals surface area contributed by atoms with Crippen molar-refractivity contribution in [3.8, 4) is 5.75 Å². The van der Waals surface area contributed by atoms with Crippen LogP contribution in [0.4, 0.5) is 5.69 Å². The smallest absolute Gasteiger partial charge is 0.123 e. The Morgan fingerprint density at radius 3 is 2.60 bits per heavy atom. The summed E-state index contributed by atoms with van der Waals surface area (Å²) >= 11 is 3.60. The number of para-hydroxylation sites is 1. The van der Waals surface area contributed by atoms with Crippen molar-refractivity contribution in [1.82, 2.24) is 0 Å². The molecule has 0 amide bonds. The summed E-state index contributed by atoms with van der Waals surface area (Å²) in [5, 5.41) is 3.48. The van der Waals surface area contributed by atoms with E-state index in [4.69, 9.17) is 4.74 Å². The maximum atomic E-state index is 5.94. The van der Waals surface area contributed by atoms with E-state index >= 15 is 0 Å². The first kappa shape index (κ1) is 13.5. The first-order chi connectivity index (χ1) is 9.63. The zero-order valence-electron chi connectivity index (χ0n) is 11.7. The van der Waals surface area contributed by atoms with Crippen molar-refractivity contribution >= 4 is 21.6 Å². The van der Waals surface area contributed by atoms with Crippen molar-refractivity contribution in [2.24, 2.45) is 0 Å². The fourth-order valence-electron chi connectivity index (χ4n) is 2.65. The molecule has 1 aliphatic heterocycles. The minimum absolute atomic E-state index is 0.219. The van der Waals surface area contributed by atoms with Gasteiger partial charge in [-0.25, -0.2) is 0 Å². The SMILES string of the molecule is Cc1cc(NCC2Cc3ccccc3O2)cc(C)c1Br. The molecule has 20 heavy (non-hydrogen) atoms. The highest BCUT2D eigenvalue weighted by molar-refractivity contribution is 9.10. The molecule has 0 saturated heterocycles. The van der Waals surface area contributed by atoms with Crippen LogP contribution in [0.25, 0.3) is 0 Å². The molecule has 0 bridgehead atoms. The van der Waals surface area contributed by atoms with E-state index in [1.54, 1.807) is 0 Å². The summed E-state index contributed by atoms with van der Waals surface area (Å²) in [6, 6.07) is 12.6. The van der Waals surface area contributed by atoms with Crippen LogP contribution >= 0.6 is 15.9 Å². The van der Waals surface area contributed by atoms with Crippen LogP contribution in [0, 0.1) is 13.8 Å². The minimum atomic E-state index is 0.219. The van der Waals surface area contributed by atoms with E-state index in [2.05, 4.69) is 59.4 Å². The standard InChI is InChI=1S/C17H18BrNO/c1-11-7-14(8-12(2)17(11)18)19-10-15-9-13-5-3-4-6-16(13)20-15/h3-8,15,19H,9-10H2,1-2H3. The Balaban J connectivity index is 1.64. The van der Waals surface area contributed by atoms with Crippen molar-refractivity contribution < 1.29 is 4.74 Å². The largest absolute Gasteiger partial charge is 0.488 e. The molecule has 1 atom stereocenters. The van der Waals surface area contributed by atoms with Gasteiger partial charge in [0.1, 0.15) is 11.9 Å². The number of aryl methyl sites for hydroxylation is 2. The van der Waals surface area contributed by atoms with E-state index < -0.39 is 0 Å². The molecule has 104 valence electrons. The Morgan fingerprint density at radius 2 is 1.90 bits per heavy atom. The molecule has 0 radical (unpaired) electrons. The van der Waals surface area contributed by atoms with Crippen molar-refractivity contribution in [2.45, 2.75) is 26.4 Å². The summed E-state index contributed by atoms with van der Waals surface area (Å²) in [7, 11) is 0. The molecule has 2 aromatic rings. The predicted octanol–water partition coefficient (Wildman–Crippen LogP) is 4.48. The third-order valence-electron chi connectivity index (χ3n) is 3.68. The first-order valence-corrected chi connectivity index (χ1v) is 7.68. The maximum absolute atomic E-state index is 5.94. The highest BCUT2D eigenvalue weighted by Crippen LogP contribution is 2.29. The summed E-state index contributed by atoms with van der Waals surface area (Å²) in [4.78, 5) is 0. The summed E-state index contributed by atoms with van der Waals surface area (Å²) in [5.74, 6) is 1.03. The third kappa shape index (κ3) is 2.68. The fourth-order valence-corrected chi connectivity index (χ4v) is 2.88. The quantitative estimate of drug-likeness (QED) is 0.895. The average Bonchev–Trinajstić information content (AvgIpc) is 2.85. The molecule has 0 fully saturated rings. The van der Waals surface area contributed by atoms with Gasteiger partial charge in [-0.2, -0.15) is 0 Å². The van der Waals surface area contributed by atoms with E-state index in [1.165, 1.54) is 21.2 Å². The third-order valence-corrected chi connectivity index (χ3v) is 4.93. The molecule has 0 spiro atoms. The van der Waals surface area contributed by atoms with E-state index in [0.717, 1.165) is 24.4 Å². The van der Waals surface area contributed by atoms with Crippen LogP contribution in [0.5, 0.6) is 5.75 Å². The Kier molecular flexibility index (Phi) is 3.70. The molecule has 0 saturated carbocycles. The molecule has 2 nitrogen and oxygen atoms in total. The van der Waals surface area contributed by atoms with E-state index in [9.17, 15) is 0 Å². The van der Waals surface area contributed by atoms with Crippen LogP contribution in [0.3, 0.4) is 0 Å². The molecule has 3 rings (SSSR count). The molecule has 3 heteroatoms. The number of nitrogens with one attached hydrogen (secondary N) is 1. The van der Waals surface area contributed by atoms with Crippen LogP contribution in [-0.2, 0) is 6.42 Å². The summed E-state index contributed by atoms with van der Waals surface area (Å²) < 4.78 is 7.13. The number of hydrogen-bond donors (Lipinski definition) is 1. The molecule has 0 aliphatic carbocycles. The number of fused-ring (bicyclic) bond motifs is 1. The molecule has 1 unspecified atom stereocenters. The second-order valence-corrected chi connectivity index (χ2v) is 6.15. The highest BCUT2D eigenvalue weighted by atomic mass is 79.9. The Labute approximate surface area is 128 Å². The fraction of sp³-hybridized carbons (Fsp3) is 0.294. The van der Waals surface area contributed by atoms with E-state index in [1.807, 2.05) is 12.1 Å². The van der Waals surface area contributed by atoms with Gasteiger partial charge in [-0.1, -0.05) is 34.1 Å². The molecular weight excluding hydrogens is 314 g/mol. The number of benzene rings is 2. The lowest BCUT2D eigenvalue weighted by molar-refractivity contribution is 0.246. The van der Waals surface area contributed by atoms with Crippen LogP contribution < -0.4 is 10.1 Å². The number of anilines is 1. The molecule has 1 heterocycles. The molecule has 1 aliphatic rings. The Morgan fingerprint density at radius 1 is 1.20 bits per heavy atom. The summed E-state index contributed by atoms with van der Waals surface area (Å²) in [5.41, 5.74) is 4.97. The lowest BCUT2D eigenvalue weighted by Crippen LogP contribution is -2.24. The van der Waals surface area contributed by atoms with E-state index in [-0.39, 0.29) is 6.10 Å². The summed E-state index contributed by atoms with van der Waals surface area (Å²) in [6.07, 6.45) is 1.20. The van der Waals surface area contributed by atoms with Gasteiger partial charge < -0.3 is 10.1 Å². The normalized spacial score (nSPS) is 16.6. The lowest BCUT2D eigenvalue weighted by Gasteiger charge is -2.14. The van der Waals surface area contributed by atoms with Crippen molar-refractivity contribution in [3.05, 3.63) is 57.6 Å². The van der Waals surface area contributed by atoms with Gasteiger partial charge in [0.15, 0.2) is 0 Å². The zero-order chi connectivity index (χ0) is 14.1. The van der Waals surface area contributed by atoms with Gasteiger partial charge in [0.05, 0.1) is 6.54 Å². The van der Waals surface area contributed by atoms with Gasteiger partial charge >= 0.3 is 0 Å². The van der Waals surface area contributed by atoms with Crippen LogP contribution in [-0.4, -0.2) is 12.6 Å². The zero-order valence-corrected chi connectivity index (χ0v) is 13.3. The number of hydrogen-bond acceptors (Lipinski definition) is 2. The van der Waals surface area contributed by atoms with Crippen LogP contribution in [0.2, 0.25) is 0 Å². The molecule has 1 N–H and O–H groups in total. The van der Waals surface area contributed by atoms with Gasteiger partial charge in [-0.15, -0.1) is 0 Å². The van der Waals surface area contributed by atoms with Gasteiger partial charge in [0.2, 0.25) is 0 Å². The maximum Gasteiger partial charge on any atom is 0.123 e. The molecule has 0 aromatic heterocycles. The number of rotatable bonds is 3. The topological polar surface area (TPSA) is 21.3 Å². The van der Waals surface area contributed by atoms with Crippen molar-refractivity contribution in [1.29, 1.82) is 0 Å². The van der Waals surface area contributed by atoms with Crippen molar-refractivity contribution in [3.63, 3.8) is 0 Å². The first-order valence-electron chi connectivity index (χ1n) is 6.88. The highest BCUT2D eigenvalue weighted by Gasteiger charge is 2.21. The van der Waals surface area contributed by atoms with E-state index in [0.29, 0.717) is 0 Å². The van der Waals surface area contributed by atoms with Crippen molar-refractivity contribution in [2.75, 3.05) is 11.9 Å². The second-order valence-electron chi connectivity index (χ2n) is 5.36.